The molecule has 0 aliphatic rings. The van der Waals surface area contributed by atoms with Crippen LogP contribution in [0.1, 0.15) is 18.5 Å². The molecule has 0 amide bonds. The number of aryl methyl sites for hydroxylation is 1. The lowest BCUT2D eigenvalue weighted by atomic mass is 10.2. The summed E-state index contributed by atoms with van der Waals surface area (Å²) in [5, 5.41) is 3.83. The highest BCUT2D eigenvalue weighted by Gasteiger charge is 2.13. The van der Waals surface area contributed by atoms with Crippen molar-refractivity contribution in [2.45, 2.75) is 19.8 Å². The van der Waals surface area contributed by atoms with Crippen LogP contribution in [0.2, 0.25) is 0 Å². The Balaban J connectivity index is 2.28. The van der Waals surface area contributed by atoms with E-state index in [-0.39, 0.29) is 0 Å². The molecule has 0 fully saturated rings. The molecule has 0 saturated carbocycles. The first kappa shape index (κ1) is 9.92. The molecule has 2 N–H and O–H groups in total. The summed E-state index contributed by atoms with van der Waals surface area (Å²) < 4.78 is 10.4. The molecule has 0 aromatic carbocycles. The lowest BCUT2D eigenvalue weighted by Gasteiger charge is -1.91. The van der Waals surface area contributed by atoms with E-state index in [1.165, 1.54) is 0 Å². The van der Waals surface area contributed by atoms with Crippen LogP contribution in [-0.2, 0) is 12.8 Å². The Kier molecular flexibility index (Phi) is 2.82. The van der Waals surface area contributed by atoms with E-state index < -0.39 is 0 Å². The first-order valence-electron chi connectivity index (χ1n) is 4.94. The molecular weight excluding hydrogens is 194 g/mol. The van der Waals surface area contributed by atoms with Gasteiger partial charge in [-0.15, -0.1) is 0 Å². The molecule has 5 heteroatoms. The van der Waals surface area contributed by atoms with Crippen molar-refractivity contribution in [1.29, 1.82) is 0 Å². The highest BCUT2D eigenvalue weighted by Crippen LogP contribution is 2.23. The third kappa shape index (κ3) is 1.92. The largest absolute Gasteiger partial charge is 0.469 e. The van der Waals surface area contributed by atoms with E-state index in [1.807, 2.05) is 13.0 Å². The Morgan fingerprint density at radius 2 is 2.33 bits per heavy atom. The molecule has 80 valence electrons. The van der Waals surface area contributed by atoms with Crippen LogP contribution in [0.25, 0.3) is 11.5 Å². The Labute approximate surface area is 87.3 Å². The zero-order chi connectivity index (χ0) is 10.7. The topological polar surface area (TPSA) is 78.1 Å². The maximum absolute atomic E-state index is 5.40. The Hall–Kier alpha value is -1.62. The molecule has 2 aromatic heterocycles. The lowest BCUT2D eigenvalue weighted by Crippen LogP contribution is -2.03. The fraction of sp³-hybridized carbons (Fsp3) is 0.400. The molecule has 15 heavy (non-hydrogen) atoms. The Bertz CT molecular complexity index is 433. The van der Waals surface area contributed by atoms with E-state index in [1.54, 1.807) is 6.26 Å². The van der Waals surface area contributed by atoms with Gasteiger partial charge < -0.3 is 14.7 Å². The zero-order valence-corrected chi connectivity index (χ0v) is 8.56. The number of rotatable bonds is 4. The van der Waals surface area contributed by atoms with Gasteiger partial charge in [-0.25, -0.2) is 0 Å². The summed E-state index contributed by atoms with van der Waals surface area (Å²) in [6.07, 6.45) is 3.06. The van der Waals surface area contributed by atoms with E-state index in [0.29, 0.717) is 24.7 Å². The number of hydrogen-bond donors (Lipinski definition) is 1. The SMILES string of the molecule is CCc1occc1-c1nc(CCN)no1. The number of furan rings is 1. The minimum atomic E-state index is 0.504. The van der Waals surface area contributed by atoms with E-state index in [0.717, 1.165) is 17.7 Å². The molecule has 0 radical (unpaired) electrons. The maximum atomic E-state index is 5.40. The van der Waals surface area contributed by atoms with Gasteiger partial charge in [0.15, 0.2) is 5.82 Å². The maximum Gasteiger partial charge on any atom is 0.261 e. The summed E-state index contributed by atoms with van der Waals surface area (Å²) in [6.45, 7) is 2.53. The molecule has 0 unspecified atom stereocenters. The van der Waals surface area contributed by atoms with Gasteiger partial charge in [-0.3, -0.25) is 0 Å². The van der Waals surface area contributed by atoms with Crippen molar-refractivity contribution in [3.05, 3.63) is 23.9 Å². The van der Waals surface area contributed by atoms with Crippen LogP contribution in [0.4, 0.5) is 0 Å². The first-order valence-corrected chi connectivity index (χ1v) is 4.94. The van der Waals surface area contributed by atoms with Crippen molar-refractivity contribution in [2.75, 3.05) is 6.54 Å². The van der Waals surface area contributed by atoms with Gasteiger partial charge in [-0.1, -0.05) is 12.1 Å². The highest BCUT2D eigenvalue weighted by molar-refractivity contribution is 5.55. The monoisotopic (exact) mass is 207 g/mol. The van der Waals surface area contributed by atoms with E-state index in [4.69, 9.17) is 14.7 Å². The second-order valence-electron chi connectivity index (χ2n) is 3.17. The normalized spacial score (nSPS) is 10.8. The summed E-state index contributed by atoms with van der Waals surface area (Å²) in [5.41, 5.74) is 6.27. The Morgan fingerprint density at radius 1 is 1.47 bits per heavy atom. The molecule has 2 rings (SSSR count). The minimum Gasteiger partial charge on any atom is -0.469 e. The van der Waals surface area contributed by atoms with Gasteiger partial charge in [-0.2, -0.15) is 4.98 Å². The van der Waals surface area contributed by atoms with Crippen molar-refractivity contribution in [3.8, 4) is 11.5 Å². The standard InChI is InChI=1S/C10H13N3O2/c1-2-8-7(4-6-14-8)10-12-9(3-5-11)13-15-10/h4,6H,2-3,5,11H2,1H3. The van der Waals surface area contributed by atoms with Gasteiger partial charge in [0.25, 0.3) is 5.89 Å². The number of nitrogens with two attached hydrogens (primary N) is 1. The molecule has 0 spiro atoms. The van der Waals surface area contributed by atoms with Crippen molar-refractivity contribution < 1.29 is 8.94 Å². The van der Waals surface area contributed by atoms with Crippen LogP contribution in [0, 0.1) is 0 Å². The van der Waals surface area contributed by atoms with Gasteiger partial charge in [0.1, 0.15) is 5.76 Å². The molecule has 0 aliphatic carbocycles. The molecule has 0 atom stereocenters. The van der Waals surface area contributed by atoms with Gasteiger partial charge in [0, 0.05) is 12.8 Å². The van der Waals surface area contributed by atoms with Crippen LogP contribution in [-0.4, -0.2) is 16.7 Å². The molecule has 0 saturated heterocycles. The molecule has 0 aliphatic heterocycles. The second kappa shape index (κ2) is 4.27. The molecule has 2 aromatic rings. The lowest BCUT2D eigenvalue weighted by molar-refractivity contribution is 0.420. The van der Waals surface area contributed by atoms with Gasteiger partial charge in [0.05, 0.1) is 11.8 Å². The number of nitrogens with zero attached hydrogens (tertiary/aromatic N) is 2. The molecular formula is C10H13N3O2. The van der Waals surface area contributed by atoms with Gasteiger partial charge >= 0.3 is 0 Å². The molecule has 0 bridgehead atoms. The number of hydrogen-bond acceptors (Lipinski definition) is 5. The summed E-state index contributed by atoms with van der Waals surface area (Å²) in [4.78, 5) is 4.23. The predicted molar refractivity (Wildman–Crippen MR) is 54.1 cm³/mol. The van der Waals surface area contributed by atoms with Crippen molar-refractivity contribution >= 4 is 0 Å². The fourth-order valence-electron chi connectivity index (χ4n) is 1.40. The first-order chi connectivity index (χ1) is 7.35. The third-order valence-corrected chi connectivity index (χ3v) is 2.13. The van der Waals surface area contributed by atoms with Crippen molar-refractivity contribution in [2.24, 2.45) is 5.73 Å². The smallest absolute Gasteiger partial charge is 0.261 e. The van der Waals surface area contributed by atoms with Crippen molar-refractivity contribution in [3.63, 3.8) is 0 Å². The summed E-state index contributed by atoms with van der Waals surface area (Å²) >= 11 is 0. The van der Waals surface area contributed by atoms with Gasteiger partial charge in [-0.05, 0) is 12.6 Å². The molecule has 5 nitrogen and oxygen atoms in total. The van der Waals surface area contributed by atoms with E-state index in [2.05, 4.69) is 10.1 Å². The highest BCUT2D eigenvalue weighted by atomic mass is 16.5. The fourth-order valence-corrected chi connectivity index (χ4v) is 1.40. The third-order valence-electron chi connectivity index (χ3n) is 2.13. The summed E-state index contributed by atoms with van der Waals surface area (Å²) in [7, 11) is 0. The average molecular weight is 207 g/mol. The summed E-state index contributed by atoms with van der Waals surface area (Å²) in [6, 6.07) is 1.83. The van der Waals surface area contributed by atoms with E-state index >= 15 is 0 Å². The molecule has 2 heterocycles. The number of aromatic nitrogens is 2. The van der Waals surface area contributed by atoms with Crippen LogP contribution in [0.15, 0.2) is 21.3 Å². The van der Waals surface area contributed by atoms with Gasteiger partial charge in [0.2, 0.25) is 0 Å². The average Bonchev–Trinajstić information content (AvgIpc) is 2.84. The predicted octanol–water partition coefficient (Wildman–Crippen LogP) is 1.39. The quantitative estimate of drug-likeness (QED) is 0.819. The van der Waals surface area contributed by atoms with Crippen LogP contribution < -0.4 is 5.73 Å². The zero-order valence-electron chi connectivity index (χ0n) is 8.56. The van der Waals surface area contributed by atoms with Crippen LogP contribution >= 0.6 is 0 Å². The summed E-state index contributed by atoms with van der Waals surface area (Å²) in [5.74, 6) is 2.00. The second-order valence-corrected chi connectivity index (χ2v) is 3.17. The van der Waals surface area contributed by atoms with Crippen molar-refractivity contribution in [1.82, 2.24) is 10.1 Å². The Morgan fingerprint density at radius 3 is 3.07 bits per heavy atom. The van der Waals surface area contributed by atoms with Crippen LogP contribution in [0.5, 0.6) is 0 Å². The van der Waals surface area contributed by atoms with E-state index in [9.17, 15) is 0 Å². The van der Waals surface area contributed by atoms with Crippen LogP contribution in [0.3, 0.4) is 0 Å². The minimum absolute atomic E-state index is 0.504.